The fourth-order valence-corrected chi connectivity index (χ4v) is 4.05. The number of ether oxygens (including phenoxy) is 1. The van der Waals surface area contributed by atoms with Crippen molar-refractivity contribution in [1.29, 1.82) is 0 Å². The zero-order valence-corrected chi connectivity index (χ0v) is 16.4. The van der Waals surface area contributed by atoms with Crippen LogP contribution in [0, 0.1) is 0 Å². The molecule has 2 aromatic rings. The molecule has 1 N–H and O–H groups in total. The number of carbonyl (C=O) groups is 1. The summed E-state index contributed by atoms with van der Waals surface area (Å²) in [5.74, 6) is 0.0963. The maximum absolute atomic E-state index is 12.8. The average Bonchev–Trinajstić information content (AvgIpc) is 3.11. The van der Waals surface area contributed by atoms with Crippen molar-refractivity contribution >= 4 is 40.2 Å². The Labute approximate surface area is 161 Å². The van der Waals surface area contributed by atoms with Gasteiger partial charge in [-0.15, -0.1) is 0 Å². The van der Waals surface area contributed by atoms with Crippen molar-refractivity contribution in [3.63, 3.8) is 0 Å². The van der Waals surface area contributed by atoms with Crippen LogP contribution >= 0.6 is 23.4 Å². The summed E-state index contributed by atoms with van der Waals surface area (Å²) in [4.78, 5) is 29.5. The highest BCUT2D eigenvalue weighted by Gasteiger charge is 2.18. The second-order valence-corrected chi connectivity index (χ2v) is 7.93. The highest BCUT2D eigenvalue weighted by atomic mass is 35.5. The molecule has 3 rings (SSSR count). The van der Waals surface area contributed by atoms with Crippen LogP contribution in [0.5, 0.6) is 0 Å². The molecule has 6 nitrogen and oxygen atoms in total. The number of nitrogens with one attached hydrogen (secondary N) is 1. The average molecular weight is 396 g/mol. The fourth-order valence-electron chi connectivity index (χ4n) is 2.92. The van der Waals surface area contributed by atoms with Gasteiger partial charge in [0.15, 0.2) is 5.16 Å². The lowest BCUT2D eigenvalue weighted by Crippen LogP contribution is -2.33. The van der Waals surface area contributed by atoms with Crippen molar-refractivity contribution in [3.05, 3.63) is 33.6 Å². The van der Waals surface area contributed by atoms with Crippen LogP contribution in [0.2, 0.25) is 5.02 Å². The van der Waals surface area contributed by atoms with Gasteiger partial charge >= 0.3 is 0 Å². The number of benzene rings is 1. The minimum Gasteiger partial charge on any atom is -0.376 e. The van der Waals surface area contributed by atoms with Crippen LogP contribution in [0.4, 0.5) is 0 Å². The topological polar surface area (TPSA) is 73.2 Å². The maximum Gasteiger partial charge on any atom is 0.262 e. The van der Waals surface area contributed by atoms with Crippen LogP contribution < -0.4 is 10.9 Å². The number of carbonyl (C=O) groups excluding carboxylic acids is 1. The van der Waals surface area contributed by atoms with Gasteiger partial charge in [0.1, 0.15) is 0 Å². The molecule has 0 unspecified atom stereocenters. The van der Waals surface area contributed by atoms with Crippen molar-refractivity contribution in [2.24, 2.45) is 0 Å². The van der Waals surface area contributed by atoms with E-state index in [0.29, 0.717) is 27.6 Å². The standard InChI is InChI=1S/C18H22ClN3O3S/c1-11(2)22-17(24)14-6-5-12(19)8-15(14)21-18(22)26-10-16(23)20-9-13-4-3-7-25-13/h5-6,8,11,13H,3-4,7,9-10H2,1-2H3,(H,20,23)/t13-/m1/s1. The minimum atomic E-state index is -0.121. The maximum atomic E-state index is 12.8. The molecule has 8 heteroatoms. The predicted molar refractivity (Wildman–Crippen MR) is 104 cm³/mol. The Bertz CT molecular complexity index is 863. The molecule has 1 aromatic heterocycles. The largest absolute Gasteiger partial charge is 0.376 e. The Morgan fingerprint density at radius 1 is 1.50 bits per heavy atom. The summed E-state index contributed by atoms with van der Waals surface area (Å²) >= 11 is 7.28. The first kappa shape index (κ1) is 19.2. The van der Waals surface area contributed by atoms with Gasteiger partial charge in [-0.05, 0) is 44.9 Å². The van der Waals surface area contributed by atoms with E-state index < -0.39 is 0 Å². The quantitative estimate of drug-likeness (QED) is 0.601. The number of hydrogen-bond acceptors (Lipinski definition) is 5. The molecule has 0 radical (unpaired) electrons. The van der Waals surface area contributed by atoms with Crippen molar-refractivity contribution in [1.82, 2.24) is 14.9 Å². The molecule has 1 fully saturated rings. The lowest BCUT2D eigenvalue weighted by molar-refractivity contribution is -0.119. The van der Waals surface area contributed by atoms with Crippen molar-refractivity contribution in [2.75, 3.05) is 18.9 Å². The van der Waals surface area contributed by atoms with Gasteiger partial charge in [0.05, 0.1) is 22.8 Å². The first-order valence-corrected chi connectivity index (χ1v) is 10.0. The van der Waals surface area contributed by atoms with Gasteiger partial charge in [0.2, 0.25) is 5.91 Å². The smallest absolute Gasteiger partial charge is 0.262 e. The number of aromatic nitrogens is 2. The highest BCUT2D eigenvalue weighted by Crippen LogP contribution is 2.22. The molecular weight excluding hydrogens is 374 g/mol. The zero-order chi connectivity index (χ0) is 18.7. The number of amides is 1. The van der Waals surface area contributed by atoms with E-state index in [4.69, 9.17) is 16.3 Å². The first-order chi connectivity index (χ1) is 12.5. The summed E-state index contributed by atoms with van der Waals surface area (Å²) < 4.78 is 7.12. The first-order valence-electron chi connectivity index (χ1n) is 8.68. The van der Waals surface area contributed by atoms with Gasteiger partial charge < -0.3 is 10.1 Å². The van der Waals surface area contributed by atoms with Gasteiger partial charge in [-0.3, -0.25) is 14.2 Å². The van der Waals surface area contributed by atoms with Crippen LogP contribution in [0.15, 0.2) is 28.2 Å². The second kappa shape index (κ2) is 8.41. The Kier molecular flexibility index (Phi) is 6.21. The molecule has 1 atom stereocenters. The Hall–Kier alpha value is -1.57. The summed E-state index contributed by atoms with van der Waals surface area (Å²) in [6.45, 7) is 5.13. The molecule has 0 bridgehead atoms. The Balaban J connectivity index is 1.76. The molecule has 140 valence electrons. The summed E-state index contributed by atoms with van der Waals surface area (Å²) in [5.41, 5.74) is 0.422. The monoisotopic (exact) mass is 395 g/mol. The third-order valence-electron chi connectivity index (χ3n) is 4.23. The third-order valence-corrected chi connectivity index (χ3v) is 5.42. The SMILES string of the molecule is CC(C)n1c(SCC(=O)NC[C@H]2CCCO2)nc2cc(Cl)ccc2c1=O. The van der Waals surface area contributed by atoms with E-state index in [1.54, 1.807) is 22.8 Å². The van der Waals surface area contributed by atoms with Gasteiger partial charge in [-0.1, -0.05) is 23.4 Å². The third kappa shape index (κ3) is 4.39. The molecule has 1 aliphatic rings. The van der Waals surface area contributed by atoms with Crippen molar-refractivity contribution in [2.45, 2.75) is 44.0 Å². The molecule has 1 saturated heterocycles. The predicted octanol–water partition coefficient (Wildman–Crippen LogP) is 3.02. The molecule has 2 heterocycles. The number of halogens is 1. The highest BCUT2D eigenvalue weighted by molar-refractivity contribution is 7.99. The van der Waals surface area contributed by atoms with Crippen LogP contribution in [0.3, 0.4) is 0 Å². The van der Waals surface area contributed by atoms with E-state index in [-0.39, 0.29) is 29.4 Å². The van der Waals surface area contributed by atoms with Crippen LogP contribution in [0.25, 0.3) is 10.9 Å². The molecule has 0 aliphatic carbocycles. The number of fused-ring (bicyclic) bond motifs is 1. The summed E-state index contributed by atoms with van der Waals surface area (Å²) in [6, 6.07) is 4.98. The molecule has 0 saturated carbocycles. The number of hydrogen-bond donors (Lipinski definition) is 1. The second-order valence-electron chi connectivity index (χ2n) is 6.55. The zero-order valence-electron chi connectivity index (χ0n) is 14.8. The number of rotatable bonds is 6. The Morgan fingerprint density at radius 2 is 2.31 bits per heavy atom. The summed E-state index contributed by atoms with van der Waals surface area (Å²) in [7, 11) is 0. The lowest BCUT2D eigenvalue weighted by Gasteiger charge is -2.16. The van der Waals surface area contributed by atoms with Crippen molar-refractivity contribution in [3.8, 4) is 0 Å². The number of nitrogens with zero attached hydrogens (tertiary/aromatic N) is 2. The molecule has 0 spiro atoms. The summed E-state index contributed by atoms with van der Waals surface area (Å²) in [5, 5.41) is 4.45. The van der Waals surface area contributed by atoms with Crippen LogP contribution in [-0.2, 0) is 9.53 Å². The van der Waals surface area contributed by atoms with Crippen LogP contribution in [-0.4, -0.2) is 40.5 Å². The van der Waals surface area contributed by atoms with E-state index in [0.717, 1.165) is 19.4 Å². The van der Waals surface area contributed by atoms with Gasteiger partial charge in [0.25, 0.3) is 5.56 Å². The fraction of sp³-hybridized carbons (Fsp3) is 0.500. The minimum absolute atomic E-state index is 0.0625. The van der Waals surface area contributed by atoms with Gasteiger partial charge in [-0.25, -0.2) is 4.98 Å². The lowest BCUT2D eigenvalue weighted by atomic mass is 10.2. The molecule has 1 amide bonds. The molecule has 1 aromatic carbocycles. The molecule has 1 aliphatic heterocycles. The van der Waals surface area contributed by atoms with E-state index >= 15 is 0 Å². The normalized spacial score (nSPS) is 17.2. The Morgan fingerprint density at radius 3 is 3.00 bits per heavy atom. The van der Waals surface area contributed by atoms with E-state index in [2.05, 4.69) is 10.3 Å². The van der Waals surface area contributed by atoms with Gasteiger partial charge in [-0.2, -0.15) is 0 Å². The molecular formula is C18H22ClN3O3S. The number of thioether (sulfide) groups is 1. The van der Waals surface area contributed by atoms with E-state index in [1.807, 2.05) is 13.8 Å². The van der Waals surface area contributed by atoms with Gasteiger partial charge in [0, 0.05) is 24.2 Å². The van der Waals surface area contributed by atoms with E-state index in [9.17, 15) is 9.59 Å². The van der Waals surface area contributed by atoms with E-state index in [1.165, 1.54) is 11.8 Å². The van der Waals surface area contributed by atoms with Crippen LogP contribution in [0.1, 0.15) is 32.7 Å². The molecule has 26 heavy (non-hydrogen) atoms. The van der Waals surface area contributed by atoms with Crippen molar-refractivity contribution < 1.29 is 9.53 Å². The summed E-state index contributed by atoms with van der Waals surface area (Å²) in [6.07, 6.45) is 2.13.